The molecule has 0 atom stereocenters. The number of para-hydroxylation sites is 6. The minimum absolute atomic E-state index is 0.836. The van der Waals surface area contributed by atoms with E-state index in [4.69, 9.17) is 8.83 Å². The Kier molecular flexibility index (Phi) is 8.18. The maximum atomic E-state index is 6.19. The Hall–Kier alpha value is -5.10. The molecule has 204 valence electrons. The van der Waals surface area contributed by atoms with Crippen LogP contribution in [0.25, 0.3) is 34.4 Å². The summed E-state index contributed by atoms with van der Waals surface area (Å²) in [6, 6.07) is 36.7. The van der Waals surface area contributed by atoms with Gasteiger partial charge in [-0.3, -0.25) is 0 Å². The molecule has 0 fully saturated rings. The lowest BCUT2D eigenvalue weighted by atomic mass is 10.2. The van der Waals surface area contributed by atoms with Crippen molar-refractivity contribution in [3.63, 3.8) is 0 Å². The van der Waals surface area contributed by atoms with Crippen LogP contribution in [0.2, 0.25) is 0 Å². The molecule has 0 aliphatic rings. The average Bonchev–Trinajstić information content (AvgIpc) is 3.55. The molecule has 2 heterocycles. The van der Waals surface area contributed by atoms with Crippen molar-refractivity contribution in [1.29, 1.82) is 0 Å². The van der Waals surface area contributed by atoms with Gasteiger partial charge in [0.25, 0.3) is 11.0 Å². The number of aromatic nitrogens is 2. The third-order valence-electron chi connectivity index (χ3n) is 7.04. The summed E-state index contributed by atoms with van der Waals surface area (Å²) in [5.74, 6) is 1.67. The van der Waals surface area contributed by atoms with Gasteiger partial charge in [-0.2, -0.15) is 9.13 Å². The van der Waals surface area contributed by atoms with Crippen LogP contribution in [0.1, 0.15) is 31.0 Å². The van der Waals surface area contributed by atoms with Crippen LogP contribution in [0.4, 0.5) is 11.4 Å². The van der Waals surface area contributed by atoms with Crippen LogP contribution < -0.4 is 19.8 Å². The van der Waals surface area contributed by atoms with E-state index in [1.54, 1.807) is 0 Å². The van der Waals surface area contributed by atoms with Gasteiger partial charge in [-0.25, -0.2) is 0 Å². The second-order valence-corrected chi connectivity index (χ2v) is 9.87. The van der Waals surface area contributed by atoms with Gasteiger partial charge in [0.15, 0.2) is 13.1 Å². The summed E-state index contributed by atoms with van der Waals surface area (Å²) >= 11 is 0. The van der Waals surface area contributed by atoms with Gasteiger partial charge >= 0.3 is 11.8 Å². The van der Waals surface area contributed by atoms with E-state index >= 15 is 0 Å². The van der Waals surface area contributed by atoms with Crippen LogP contribution in [-0.2, 0) is 13.1 Å². The third-order valence-corrected chi connectivity index (χ3v) is 7.04. The second kappa shape index (κ2) is 12.8. The smallest absolute Gasteiger partial charge is 0.375 e. The molecular weight excluding hydrogens is 508 g/mol. The van der Waals surface area contributed by atoms with Crippen molar-refractivity contribution in [2.45, 2.75) is 32.4 Å². The highest BCUT2D eigenvalue weighted by molar-refractivity contribution is 5.70. The molecule has 0 spiro atoms. The van der Waals surface area contributed by atoms with Crippen LogP contribution in [0.3, 0.4) is 0 Å². The maximum absolute atomic E-state index is 6.19. The number of anilines is 2. The Morgan fingerprint density at radius 1 is 0.488 bits per heavy atom. The third kappa shape index (κ3) is 6.39. The largest absolute Gasteiger partial charge is 0.398 e. The van der Waals surface area contributed by atoms with Gasteiger partial charge in [0.2, 0.25) is 11.2 Å². The number of unbranched alkanes of at least 4 members (excludes halogenated alkanes) is 2. The van der Waals surface area contributed by atoms with Crippen molar-refractivity contribution in [1.82, 2.24) is 0 Å². The zero-order chi connectivity index (χ0) is 27.7. The molecule has 41 heavy (non-hydrogen) atoms. The van der Waals surface area contributed by atoms with Gasteiger partial charge in [0.05, 0.1) is 12.2 Å². The second-order valence-electron chi connectivity index (χ2n) is 9.87. The maximum Gasteiger partial charge on any atom is 0.375 e. The quantitative estimate of drug-likeness (QED) is 0.122. The number of fused-ring (bicyclic) bond motifs is 2. The van der Waals surface area contributed by atoms with Gasteiger partial charge in [-0.05, 0) is 42.8 Å². The summed E-state index contributed by atoms with van der Waals surface area (Å²) < 4.78 is 16.9. The number of benzene rings is 4. The molecule has 6 heteroatoms. The zero-order valence-corrected chi connectivity index (χ0v) is 22.9. The SMILES string of the molecule is C(=Cc1oc2ccccc2[n+]1CCCCC[n+]1c(C=CNc2ccccc2)oc2ccccc21)Nc1ccccc1. The molecule has 6 nitrogen and oxygen atoms in total. The summed E-state index contributed by atoms with van der Waals surface area (Å²) in [5.41, 5.74) is 6.10. The molecule has 4 aromatic carbocycles. The van der Waals surface area contributed by atoms with Crippen molar-refractivity contribution < 1.29 is 18.0 Å². The summed E-state index contributed by atoms with van der Waals surface area (Å²) in [4.78, 5) is 0. The van der Waals surface area contributed by atoms with Crippen molar-refractivity contribution in [3.05, 3.63) is 133 Å². The molecule has 0 unspecified atom stereocenters. The number of hydrogen-bond acceptors (Lipinski definition) is 4. The van der Waals surface area contributed by atoms with E-state index < -0.39 is 0 Å². The molecule has 0 aliphatic heterocycles. The molecule has 0 amide bonds. The lowest BCUT2D eigenvalue weighted by Gasteiger charge is -1.99. The van der Waals surface area contributed by atoms with Gasteiger partial charge < -0.3 is 19.5 Å². The Bertz CT molecular complexity index is 1640. The lowest BCUT2D eigenvalue weighted by molar-refractivity contribution is -0.682. The van der Waals surface area contributed by atoms with E-state index in [0.717, 1.165) is 77.7 Å². The first kappa shape index (κ1) is 26.1. The molecule has 0 saturated carbocycles. The monoisotopic (exact) mass is 542 g/mol. The molecule has 6 rings (SSSR count). The van der Waals surface area contributed by atoms with Crippen LogP contribution >= 0.6 is 0 Å². The molecule has 0 aliphatic carbocycles. The summed E-state index contributed by atoms with van der Waals surface area (Å²) in [6.07, 6.45) is 11.0. The molecule has 0 radical (unpaired) electrons. The van der Waals surface area contributed by atoms with Crippen LogP contribution in [0.15, 0.2) is 130 Å². The first-order valence-electron chi connectivity index (χ1n) is 14.1. The van der Waals surface area contributed by atoms with Gasteiger partial charge in [0, 0.05) is 48.7 Å². The number of nitrogens with zero attached hydrogens (tertiary/aromatic N) is 2. The Labute approximate surface area is 239 Å². The highest BCUT2D eigenvalue weighted by atomic mass is 16.4. The Morgan fingerprint density at radius 3 is 1.37 bits per heavy atom. The fourth-order valence-electron chi connectivity index (χ4n) is 5.02. The fourth-order valence-corrected chi connectivity index (χ4v) is 5.02. The van der Waals surface area contributed by atoms with Crippen molar-refractivity contribution in [3.8, 4) is 0 Å². The molecule has 6 aromatic rings. The van der Waals surface area contributed by atoms with Crippen molar-refractivity contribution in [2.75, 3.05) is 10.6 Å². The molecule has 0 bridgehead atoms. The highest BCUT2D eigenvalue weighted by Gasteiger charge is 2.22. The molecule has 0 saturated heterocycles. The van der Waals surface area contributed by atoms with Crippen LogP contribution in [0, 0.1) is 0 Å². The number of aryl methyl sites for hydroxylation is 2. The average molecular weight is 543 g/mol. The minimum Gasteiger partial charge on any atom is -0.398 e. The zero-order valence-electron chi connectivity index (χ0n) is 22.9. The van der Waals surface area contributed by atoms with Gasteiger partial charge in [0.1, 0.15) is 0 Å². The van der Waals surface area contributed by atoms with Crippen molar-refractivity contribution >= 4 is 45.7 Å². The van der Waals surface area contributed by atoms with E-state index in [1.165, 1.54) is 0 Å². The van der Waals surface area contributed by atoms with Crippen molar-refractivity contribution in [2.24, 2.45) is 0 Å². The first-order valence-corrected chi connectivity index (χ1v) is 14.1. The normalized spacial score (nSPS) is 11.7. The number of nitrogens with one attached hydrogen (secondary N) is 2. The molecular formula is C35H34N4O2+2. The van der Waals surface area contributed by atoms with Crippen LogP contribution in [0.5, 0.6) is 0 Å². The highest BCUT2D eigenvalue weighted by Crippen LogP contribution is 2.17. The van der Waals surface area contributed by atoms with E-state index in [2.05, 4.69) is 44.0 Å². The fraction of sp³-hybridized carbons (Fsp3) is 0.143. The summed E-state index contributed by atoms with van der Waals surface area (Å²) in [5, 5.41) is 6.65. The number of rotatable bonds is 12. The molecule has 2 aromatic heterocycles. The van der Waals surface area contributed by atoms with Gasteiger partial charge in [-0.15, -0.1) is 0 Å². The van der Waals surface area contributed by atoms with E-state index in [0.29, 0.717) is 0 Å². The van der Waals surface area contributed by atoms with Gasteiger partial charge in [-0.1, -0.05) is 60.7 Å². The standard InChI is InChI=1S/C35H32N4O2/c1-4-14-28(15-5-1)36-24-22-34-38(30-18-8-10-20-32(30)40-34)26-12-3-13-27-39-31-19-9-11-21-33(31)41-35(39)23-25-37-29-16-6-2-7-17-29/h1-2,4-11,14-25H,3,12-13,26-27H2/p+2. The topological polar surface area (TPSA) is 58.1 Å². The first-order chi connectivity index (χ1) is 20.3. The molecule has 2 N–H and O–H groups in total. The Morgan fingerprint density at radius 2 is 0.902 bits per heavy atom. The van der Waals surface area contributed by atoms with Crippen LogP contribution in [-0.4, -0.2) is 0 Å². The predicted octanol–water partition coefficient (Wildman–Crippen LogP) is 7.79. The number of hydrogen-bond donors (Lipinski definition) is 2. The number of oxazole rings is 2. The van der Waals surface area contributed by atoms with E-state index in [9.17, 15) is 0 Å². The summed E-state index contributed by atoms with van der Waals surface area (Å²) in [7, 11) is 0. The summed E-state index contributed by atoms with van der Waals surface area (Å²) in [6.45, 7) is 1.76. The minimum atomic E-state index is 0.836. The Balaban J connectivity index is 1.10. The predicted molar refractivity (Wildman–Crippen MR) is 165 cm³/mol. The lowest BCUT2D eigenvalue weighted by Crippen LogP contribution is -2.36. The van der Waals surface area contributed by atoms with E-state index in [-0.39, 0.29) is 0 Å². The van der Waals surface area contributed by atoms with E-state index in [1.807, 2.05) is 109 Å².